The summed E-state index contributed by atoms with van der Waals surface area (Å²) in [6.07, 6.45) is 2.98. The smallest absolute Gasteiger partial charge is 0.230 e. The number of hydrogen-bond donors (Lipinski definition) is 1. The van der Waals surface area contributed by atoms with Crippen LogP contribution in [0.15, 0.2) is 18.2 Å². The predicted octanol–water partition coefficient (Wildman–Crippen LogP) is 2.31. The fraction of sp³-hybridized carbons (Fsp3) is 0.600. The number of likely N-dealkylation sites (tertiary alicyclic amines) is 2. The lowest BCUT2D eigenvalue weighted by molar-refractivity contribution is -0.146. The monoisotopic (exact) mass is 379 g/mol. The molecule has 1 aromatic carbocycles. The molecule has 1 atom stereocenters. The van der Waals surface area contributed by atoms with E-state index in [1.807, 2.05) is 6.92 Å². The number of nitrogens with zero attached hydrogens (tertiary/aromatic N) is 2. The summed E-state index contributed by atoms with van der Waals surface area (Å²) in [5.41, 5.74) is 0.198. The van der Waals surface area contributed by atoms with E-state index in [-0.39, 0.29) is 11.8 Å². The fourth-order valence-electron chi connectivity index (χ4n) is 4.23. The van der Waals surface area contributed by atoms with Crippen LogP contribution in [0.5, 0.6) is 0 Å². The molecule has 2 saturated heterocycles. The molecule has 0 bridgehead atoms. The Morgan fingerprint density at radius 1 is 1.22 bits per heavy atom. The van der Waals surface area contributed by atoms with Gasteiger partial charge in [-0.05, 0) is 50.4 Å². The van der Waals surface area contributed by atoms with Crippen molar-refractivity contribution in [3.8, 4) is 0 Å². The number of hydrogen-bond acceptors (Lipinski definition) is 3. The summed E-state index contributed by atoms with van der Waals surface area (Å²) in [6, 6.07) is 3.80. The molecule has 0 aliphatic carbocycles. The largest absolute Gasteiger partial charge is 0.356 e. The minimum absolute atomic E-state index is 0.0355. The van der Waals surface area contributed by atoms with Gasteiger partial charge in [-0.25, -0.2) is 8.78 Å². The number of carbonyl (C=O) groups excluding carboxylic acids is 2. The number of rotatable bonds is 6. The van der Waals surface area contributed by atoms with Crippen molar-refractivity contribution in [1.82, 2.24) is 15.1 Å². The summed E-state index contributed by atoms with van der Waals surface area (Å²) < 4.78 is 26.6. The van der Waals surface area contributed by atoms with Crippen molar-refractivity contribution in [3.05, 3.63) is 35.4 Å². The molecule has 0 aromatic heterocycles. The second-order valence-electron chi connectivity index (χ2n) is 7.59. The van der Waals surface area contributed by atoms with E-state index in [1.165, 1.54) is 6.07 Å². The van der Waals surface area contributed by atoms with Crippen molar-refractivity contribution >= 4 is 11.8 Å². The summed E-state index contributed by atoms with van der Waals surface area (Å²) in [4.78, 5) is 28.8. The molecule has 1 aromatic rings. The van der Waals surface area contributed by atoms with Crippen LogP contribution in [-0.4, -0.2) is 54.3 Å². The van der Waals surface area contributed by atoms with Gasteiger partial charge in [0.25, 0.3) is 0 Å². The highest BCUT2D eigenvalue weighted by molar-refractivity contribution is 5.84. The van der Waals surface area contributed by atoms with Crippen LogP contribution in [0.4, 0.5) is 8.78 Å². The lowest BCUT2D eigenvalue weighted by atomic mass is 9.78. The Balaban J connectivity index is 1.61. The van der Waals surface area contributed by atoms with Gasteiger partial charge >= 0.3 is 0 Å². The maximum absolute atomic E-state index is 13.5. The third-order valence-electron chi connectivity index (χ3n) is 5.64. The SMILES string of the molecule is CCNC(=O)CCN1CC[C@@]2(CCCN(Cc3ccc(F)c(F)c3)C2=O)C1. The molecule has 7 heteroatoms. The van der Waals surface area contributed by atoms with Crippen LogP contribution in [0.25, 0.3) is 0 Å². The van der Waals surface area contributed by atoms with Gasteiger partial charge in [-0.3, -0.25) is 9.59 Å². The Hall–Kier alpha value is -2.02. The molecule has 1 N–H and O–H groups in total. The molecule has 2 heterocycles. The molecule has 2 amide bonds. The number of piperidine rings is 1. The molecule has 27 heavy (non-hydrogen) atoms. The maximum atomic E-state index is 13.5. The van der Waals surface area contributed by atoms with Gasteiger partial charge in [0.1, 0.15) is 0 Å². The molecule has 0 unspecified atom stereocenters. The molecular weight excluding hydrogens is 352 g/mol. The number of nitrogens with one attached hydrogen (secondary N) is 1. The van der Waals surface area contributed by atoms with Crippen molar-refractivity contribution in [2.24, 2.45) is 5.41 Å². The number of amides is 2. The van der Waals surface area contributed by atoms with Crippen LogP contribution in [0.1, 0.15) is 38.2 Å². The zero-order valence-corrected chi connectivity index (χ0v) is 15.8. The third kappa shape index (κ3) is 4.46. The van der Waals surface area contributed by atoms with Crippen molar-refractivity contribution in [3.63, 3.8) is 0 Å². The Labute approximate surface area is 158 Å². The second kappa shape index (κ2) is 8.33. The van der Waals surface area contributed by atoms with Gasteiger partial charge in [-0.2, -0.15) is 0 Å². The van der Waals surface area contributed by atoms with Crippen LogP contribution >= 0.6 is 0 Å². The van der Waals surface area contributed by atoms with Gasteiger partial charge in [0.15, 0.2) is 11.6 Å². The Bertz CT molecular complexity index is 712. The number of halogens is 2. The van der Waals surface area contributed by atoms with E-state index in [1.54, 1.807) is 4.90 Å². The maximum Gasteiger partial charge on any atom is 0.230 e. The Morgan fingerprint density at radius 2 is 2.04 bits per heavy atom. The zero-order valence-electron chi connectivity index (χ0n) is 15.8. The predicted molar refractivity (Wildman–Crippen MR) is 97.8 cm³/mol. The molecule has 2 aliphatic rings. The second-order valence-corrected chi connectivity index (χ2v) is 7.59. The first-order valence-electron chi connectivity index (χ1n) is 9.66. The molecule has 2 aliphatic heterocycles. The average molecular weight is 379 g/mol. The first kappa shape index (κ1) is 19.7. The fourth-order valence-corrected chi connectivity index (χ4v) is 4.23. The van der Waals surface area contributed by atoms with E-state index in [4.69, 9.17) is 0 Å². The highest BCUT2D eigenvalue weighted by atomic mass is 19.2. The summed E-state index contributed by atoms with van der Waals surface area (Å²) in [5, 5.41) is 2.79. The summed E-state index contributed by atoms with van der Waals surface area (Å²) in [6.45, 7) is 5.59. The molecule has 5 nitrogen and oxygen atoms in total. The van der Waals surface area contributed by atoms with Gasteiger partial charge in [-0.1, -0.05) is 6.07 Å². The van der Waals surface area contributed by atoms with Crippen LogP contribution in [0, 0.1) is 17.0 Å². The Morgan fingerprint density at radius 3 is 2.78 bits per heavy atom. The molecular formula is C20H27F2N3O2. The first-order chi connectivity index (χ1) is 12.9. The zero-order chi connectivity index (χ0) is 19.4. The minimum atomic E-state index is -0.885. The van der Waals surface area contributed by atoms with Crippen LogP contribution in [0.3, 0.4) is 0 Å². The summed E-state index contributed by atoms with van der Waals surface area (Å²) in [5.74, 6) is -1.63. The van der Waals surface area contributed by atoms with E-state index >= 15 is 0 Å². The van der Waals surface area contributed by atoms with E-state index in [0.29, 0.717) is 44.7 Å². The molecule has 2 fully saturated rings. The molecule has 0 saturated carbocycles. The standard InChI is InChI=1S/C20H27F2N3O2/c1-2-23-18(26)6-10-24-11-8-20(14-24)7-3-9-25(19(20)27)13-15-4-5-16(21)17(22)12-15/h4-5,12H,2-3,6-11,13-14H2,1H3,(H,23,26)/t20-/m0/s1. The topological polar surface area (TPSA) is 52.7 Å². The van der Waals surface area contributed by atoms with E-state index in [9.17, 15) is 18.4 Å². The summed E-state index contributed by atoms with van der Waals surface area (Å²) >= 11 is 0. The molecule has 1 spiro atoms. The van der Waals surface area contributed by atoms with Crippen LogP contribution < -0.4 is 5.32 Å². The highest BCUT2D eigenvalue weighted by Crippen LogP contribution is 2.40. The summed E-state index contributed by atoms with van der Waals surface area (Å²) in [7, 11) is 0. The molecule has 0 radical (unpaired) electrons. The van der Waals surface area contributed by atoms with Gasteiger partial charge in [0, 0.05) is 39.1 Å². The lowest BCUT2D eigenvalue weighted by Crippen LogP contribution is -2.49. The highest BCUT2D eigenvalue weighted by Gasteiger charge is 2.48. The van der Waals surface area contributed by atoms with Gasteiger partial charge in [0.2, 0.25) is 11.8 Å². The number of carbonyl (C=O) groups is 2. The quantitative estimate of drug-likeness (QED) is 0.825. The van der Waals surface area contributed by atoms with Crippen LogP contribution in [0.2, 0.25) is 0 Å². The van der Waals surface area contributed by atoms with Gasteiger partial charge < -0.3 is 15.1 Å². The first-order valence-corrected chi connectivity index (χ1v) is 9.66. The van der Waals surface area contributed by atoms with Gasteiger partial charge in [-0.15, -0.1) is 0 Å². The average Bonchev–Trinajstić information content (AvgIpc) is 3.05. The minimum Gasteiger partial charge on any atom is -0.356 e. The van der Waals surface area contributed by atoms with E-state index in [2.05, 4.69) is 10.2 Å². The van der Waals surface area contributed by atoms with Crippen molar-refractivity contribution in [2.45, 2.75) is 39.2 Å². The third-order valence-corrected chi connectivity index (χ3v) is 5.64. The van der Waals surface area contributed by atoms with Crippen molar-refractivity contribution in [1.29, 1.82) is 0 Å². The van der Waals surface area contributed by atoms with Gasteiger partial charge in [0.05, 0.1) is 5.41 Å². The van der Waals surface area contributed by atoms with Crippen molar-refractivity contribution < 1.29 is 18.4 Å². The van der Waals surface area contributed by atoms with Crippen LogP contribution in [-0.2, 0) is 16.1 Å². The molecule has 148 valence electrons. The van der Waals surface area contributed by atoms with Crippen molar-refractivity contribution in [2.75, 3.05) is 32.7 Å². The Kier molecular flexibility index (Phi) is 6.09. The lowest BCUT2D eigenvalue weighted by Gasteiger charge is -2.39. The van der Waals surface area contributed by atoms with E-state index < -0.39 is 17.0 Å². The normalized spacial score (nSPS) is 23.2. The van der Waals surface area contributed by atoms with E-state index in [0.717, 1.165) is 37.9 Å². The molecule has 3 rings (SSSR count). The number of benzene rings is 1.